The quantitative estimate of drug-likeness (QED) is 0.473. The Kier molecular flexibility index (Phi) is 6.59. The van der Waals surface area contributed by atoms with Gasteiger partial charge in [-0.1, -0.05) is 49.3 Å². The van der Waals surface area contributed by atoms with Crippen molar-refractivity contribution in [2.45, 2.75) is 39.8 Å². The molecule has 0 atom stereocenters. The molecule has 0 radical (unpaired) electrons. The Morgan fingerprint density at radius 2 is 2.04 bits per heavy atom. The zero-order chi connectivity index (χ0) is 19.1. The van der Waals surface area contributed by atoms with E-state index in [-0.39, 0.29) is 0 Å². The minimum atomic E-state index is 0.445. The molecule has 0 amide bonds. The summed E-state index contributed by atoms with van der Waals surface area (Å²) in [5.74, 6) is 1.94. The van der Waals surface area contributed by atoms with Gasteiger partial charge >= 0.3 is 0 Å². The van der Waals surface area contributed by atoms with Crippen molar-refractivity contribution in [2.75, 3.05) is 6.54 Å². The highest BCUT2D eigenvalue weighted by Gasteiger charge is 2.08. The average molecular weight is 384 g/mol. The summed E-state index contributed by atoms with van der Waals surface area (Å²) in [6, 6.07) is 11.9. The predicted molar refractivity (Wildman–Crippen MR) is 110 cm³/mol. The molecule has 1 aromatic carbocycles. The smallest absolute Gasteiger partial charge is 0.191 e. The van der Waals surface area contributed by atoms with Crippen molar-refractivity contribution in [1.29, 1.82) is 0 Å². The average Bonchev–Trinajstić information content (AvgIpc) is 3.34. The van der Waals surface area contributed by atoms with E-state index in [1.165, 1.54) is 0 Å². The second kappa shape index (κ2) is 9.32. The lowest BCUT2D eigenvalue weighted by Gasteiger charge is -2.09. The molecule has 0 aliphatic carbocycles. The minimum absolute atomic E-state index is 0.445. The Hall–Kier alpha value is -2.67. The summed E-state index contributed by atoms with van der Waals surface area (Å²) in [5, 5.41) is 13.9. The summed E-state index contributed by atoms with van der Waals surface area (Å²) in [6.07, 6.45) is 0. The summed E-state index contributed by atoms with van der Waals surface area (Å²) in [5.41, 5.74) is 2.94. The van der Waals surface area contributed by atoms with Crippen LogP contribution in [-0.4, -0.2) is 22.6 Å². The van der Waals surface area contributed by atoms with Crippen molar-refractivity contribution in [3.8, 4) is 11.3 Å². The van der Waals surface area contributed by atoms with Crippen LogP contribution in [0.2, 0.25) is 0 Å². The lowest BCUT2D eigenvalue weighted by atomic mass is 10.2. The molecule has 0 fully saturated rings. The van der Waals surface area contributed by atoms with Crippen LogP contribution < -0.4 is 10.6 Å². The molecule has 142 valence electrons. The van der Waals surface area contributed by atoms with Gasteiger partial charge in [0.1, 0.15) is 10.7 Å². The van der Waals surface area contributed by atoms with Gasteiger partial charge in [-0.25, -0.2) is 9.98 Å². The van der Waals surface area contributed by atoms with E-state index in [9.17, 15) is 0 Å². The van der Waals surface area contributed by atoms with E-state index >= 15 is 0 Å². The van der Waals surface area contributed by atoms with Crippen LogP contribution in [0.4, 0.5) is 0 Å². The Labute approximate surface area is 163 Å². The first kappa shape index (κ1) is 19.1. The molecule has 0 aliphatic heterocycles. The highest BCUT2D eigenvalue weighted by Crippen LogP contribution is 2.20. The van der Waals surface area contributed by atoms with Gasteiger partial charge in [-0.05, 0) is 12.8 Å². The number of hydrogen-bond donors (Lipinski definition) is 2. The van der Waals surface area contributed by atoms with Gasteiger partial charge in [-0.3, -0.25) is 0 Å². The van der Waals surface area contributed by atoms with Crippen molar-refractivity contribution in [2.24, 2.45) is 4.99 Å². The molecule has 0 bridgehead atoms. The molecule has 0 aliphatic rings. The molecule has 0 saturated carbocycles. The van der Waals surface area contributed by atoms with Crippen molar-refractivity contribution >= 4 is 17.3 Å². The fourth-order valence-corrected chi connectivity index (χ4v) is 3.35. The zero-order valence-corrected chi connectivity index (χ0v) is 16.7. The molecule has 3 aromatic rings. The normalized spacial score (nSPS) is 11.8. The minimum Gasteiger partial charge on any atom is -0.357 e. The standard InChI is InChI=1S/C20H25N5OS/c1-4-21-20(23-12-19-24-17(13-27-19)14(2)3)22-11-16-10-18(26-25-16)15-8-6-5-7-9-15/h5-10,13-14H,4,11-12H2,1-3H3,(H2,21,22,23). The fourth-order valence-electron chi connectivity index (χ4n) is 2.46. The Morgan fingerprint density at radius 1 is 1.22 bits per heavy atom. The van der Waals surface area contributed by atoms with Gasteiger partial charge in [-0.15, -0.1) is 11.3 Å². The molecule has 2 aromatic heterocycles. The molecular formula is C20H25N5OS. The van der Waals surface area contributed by atoms with Crippen molar-refractivity contribution in [1.82, 2.24) is 20.8 Å². The number of rotatable bonds is 7. The number of aromatic nitrogens is 2. The fraction of sp³-hybridized carbons (Fsp3) is 0.350. The second-order valence-electron chi connectivity index (χ2n) is 6.42. The number of hydrogen-bond acceptors (Lipinski definition) is 5. The van der Waals surface area contributed by atoms with Gasteiger partial charge in [-0.2, -0.15) is 0 Å². The van der Waals surface area contributed by atoms with E-state index in [1.807, 2.05) is 43.3 Å². The van der Waals surface area contributed by atoms with Crippen LogP contribution in [-0.2, 0) is 13.1 Å². The molecule has 0 saturated heterocycles. The lowest BCUT2D eigenvalue weighted by Crippen LogP contribution is -2.36. The van der Waals surface area contributed by atoms with Crippen molar-refractivity contribution in [3.63, 3.8) is 0 Å². The van der Waals surface area contributed by atoms with Gasteiger partial charge < -0.3 is 15.2 Å². The molecule has 0 unspecified atom stereocenters. The van der Waals surface area contributed by atoms with Crippen LogP contribution >= 0.6 is 11.3 Å². The van der Waals surface area contributed by atoms with Crippen LogP contribution in [0, 0.1) is 0 Å². The maximum atomic E-state index is 5.43. The molecule has 0 spiro atoms. The van der Waals surface area contributed by atoms with Crippen LogP contribution in [0.5, 0.6) is 0 Å². The van der Waals surface area contributed by atoms with E-state index < -0.39 is 0 Å². The first-order valence-corrected chi connectivity index (χ1v) is 10.0. The SMILES string of the molecule is CCNC(=NCc1cc(-c2ccccc2)on1)NCc1nc(C(C)C)cs1. The Bertz CT molecular complexity index is 869. The van der Waals surface area contributed by atoms with E-state index in [4.69, 9.17) is 4.52 Å². The van der Waals surface area contributed by atoms with Crippen LogP contribution in [0.25, 0.3) is 11.3 Å². The maximum Gasteiger partial charge on any atom is 0.191 e. The van der Waals surface area contributed by atoms with Crippen molar-refractivity contribution in [3.05, 3.63) is 58.2 Å². The van der Waals surface area contributed by atoms with Crippen LogP contribution in [0.15, 0.2) is 51.3 Å². The third kappa shape index (κ3) is 5.40. The number of benzene rings is 1. The highest BCUT2D eigenvalue weighted by molar-refractivity contribution is 7.09. The van der Waals surface area contributed by atoms with Crippen molar-refractivity contribution < 1.29 is 4.52 Å². The molecule has 27 heavy (non-hydrogen) atoms. The first-order chi connectivity index (χ1) is 13.2. The van der Waals surface area contributed by atoms with Crippen LogP contribution in [0.3, 0.4) is 0 Å². The summed E-state index contributed by atoms with van der Waals surface area (Å²) >= 11 is 1.67. The van der Waals surface area contributed by atoms with Crippen LogP contribution in [0.1, 0.15) is 43.1 Å². The lowest BCUT2D eigenvalue weighted by molar-refractivity contribution is 0.424. The molecule has 6 nitrogen and oxygen atoms in total. The molecule has 3 rings (SSSR count). The number of aliphatic imine (C=N–C) groups is 1. The zero-order valence-electron chi connectivity index (χ0n) is 15.9. The van der Waals surface area contributed by atoms with Gasteiger partial charge in [0, 0.05) is 23.6 Å². The monoisotopic (exact) mass is 383 g/mol. The predicted octanol–water partition coefficient (Wildman–Crippen LogP) is 4.18. The number of guanidine groups is 1. The largest absolute Gasteiger partial charge is 0.357 e. The summed E-state index contributed by atoms with van der Waals surface area (Å²) in [4.78, 5) is 9.24. The molecule has 7 heteroatoms. The van der Waals surface area contributed by atoms with Gasteiger partial charge in [0.15, 0.2) is 11.7 Å². The first-order valence-electron chi connectivity index (χ1n) is 9.13. The third-order valence-corrected chi connectivity index (χ3v) is 4.80. The maximum absolute atomic E-state index is 5.43. The van der Waals surface area contributed by atoms with E-state index in [0.717, 1.165) is 40.2 Å². The molecule has 2 N–H and O–H groups in total. The number of nitrogens with one attached hydrogen (secondary N) is 2. The topological polar surface area (TPSA) is 75.3 Å². The number of thiazole rings is 1. The van der Waals surface area contributed by atoms with Gasteiger partial charge in [0.05, 0.1) is 18.8 Å². The Morgan fingerprint density at radius 3 is 2.74 bits per heavy atom. The number of nitrogens with zero attached hydrogens (tertiary/aromatic N) is 3. The second-order valence-corrected chi connectivity index (χ2v) is 7.36. The van der Waals surface area contributed by atoms with Gasteiger partial charge in [0.2, 0.25) is 0 Å². The third-order valence-electron chi connectivity index (χ3n) is 3.93. The molecular weight excluding hydrogens is 358 g/mol. The Balaban J connectivity index is 1.61. The van der Waals surface area contributed by atoms with E-state index in [2.05, 4.69) is 45.0 Å². The van der Waals surface area contributed by atoms with E-state index in [0.29, 0.717) is 19.0 Å². The summed E-state index contributed by atoms with van der Waals surface area (Å²) < 4.78 is 5.43. The van der Waals surface area contributed by atoms with E-state index in [1.54, 1.807) is 11.3 Å². The summed E-state index contributed by atoms with van der Waals surface area (Å²) in [7, 11) is 0. The highest BCUT2D eigenvalue weighted by atomic mass is 32.1. The summed E-state index contributed by atoms with van der Waals surface area (Å²) in [6.45, 7) is 8.23. The van der Waals surface area contributed by atoms with Gasteiger partial charge in [0.25, 0.3) is 0 Å². The molecule has 2 heterocycles.